The molecule has 2 amide bonds. The Kier molecular flexibility index (Phi) is 7.94. The van der Waals surface area contributed by atoms with E-state index in [1.807, 2.05) is 31.2 Å². The summed E-state index contributed by atoms with van der Waals surface area (Å²) in [6.45, 7) is 3.57. The topological polar surface area (TPSA) is 107 Å². The van der Waals surface area contributed by atoms with Crippen LogP contribution in [0.5, 0.6) is 5.75 Å². The number of benzene rings is 1. The van der Waals surface area contributed by atoms with E-state index in [-0.39, 0.29) is 12.5 Å². The van der Waals surface area contributed by atoms with E-state index in [9.17, 15) is 14.4 Å². The van der Waals surface area contributed by atoms with Crippen LogP contribution in [-0.4, -0.2) is 49.6 Å². The van der Waals surface area contributed by atoms with Crippen molar-refractivity contribution in [1.29, 1.82) is 0 Å². The monoisotopic (exact) mass is 405 g/mol. The quantitative estimate of drug-likeness (QED) is 0.618. The smallest absolute Gasteiger partial charge is 0.350 e. The van der Waals surface area contributed by atoms with Crippen LogP contribution in [0.3, 0.4) is 0 Å². The van der Waals surface area contributed by atoms with Gasteiger partial charge < -0.3 is 20.1 Å². The lowest BCUT2D eigenvalue weighted by Gasteiger charge is -2.06. The Morgan fingerprint density at radius 1 is 1.11 bits per heavy atom. The van der Waals surface area contributed by atoms with Crippen LogP contribution >= 0.6 is 11.3 Å². The molecule has 1 heterocycles. The van der Waals surface area contributed by atoms with Gasteiger partial charge in [-0.2, -0.15) is 0 Å². The first-order valence-electron chi connectivity index (χ1n) is 8.77. The summed E-state index contributed by atoms with van der Waals surface area (Å²) in [6, 6.07) is 7.32. The average Bonchev–Trinajstić information content (AvgIpc) is 3.10. The molecule has 9 heteroatoms. The normalized spacial score (nSPS) is 10.2. The maximum atomic E-state index is 12.3. The molecule has 0 fully saturated rings. The van der Waals surface area contributed by atoms with Crippen molar-refractivity contribution in [2.24, 2.45) is 0 Å². The van der Waals surface area contributed by atoms with Gasteiger partial charge in [0.15, 0.2) is 6.61 Å². The molecule has 0 bridgehead atoms. The van der Waals surface area contributed by atoms with Crippen molar-refractivity contribution in [3.63, 3.8) is 0 Å². The highest BCUT2D eigenvalue weighted by Gasteiger charge is 2.19. The number of nitrogens with one attached hydrogen (secondary N) is 2. The molecule has 8 nitrogen and oxygen atoms in total. The summed E-state index contributed by atoms with van der Waals surface area (Å²) in [4.78, 5) is 40.2. The van der Waals surface area contributed by atoms with E-state index in [4.69, 9.17) is 9.47 Å². The molecule has 0 saturated carbocycles. The Bertz CT molecular complexity index is 833. The highest BCUT2D eigenvalue weighted by molar-refractivity contribution is 7.17. The van der Waals surface area contributed by atoms with E-state index >= 15 is 0 Å². The second-order valence-electron chi connectivity index (χ2n) is 5.86. The minimum atomic E-state index is -0.625. The molecule has 2 rings (SSSR count). The Hall–Kier alpha value is -2.94. The maximum absolute atomic E-state index is 12.3. The molecule has 0 atom stereocenters. The third kappa shape index (κ3) is 6.05. The van der Waals surface area contributed by atoms with Crippen LogP contribution in [0, 0.1) is 6.92 Å². The number of thiazole rings is 1. The number of hydrogen-bond donors (Lipinski definition) is 2. The van der Waals surface area contributed by atoms with Crippen LogP contribution in [-0.2, 0) is 14.3 Å². The van der Waals surface area contributed by atoms with Crippen LogP contribution in [0.1, 0.15) is 28.7 Å². The zero-order valence-electron chi connectivity index (χ0n) is 16.0. The summed E-state index contributed by atoms with van der Waals surface area (Å²) in [5.74, 6) is -0.729. The Morgan fingerprint density at radius 3 is 2.46 bits per heavy atom. The number of amides is 2. The van der Waals surface area contributed by atoms with Crippen LogP contribution < -0.4 is 15.4 Å². The van der Waals surface area contributed by atoms with Crippen molar-refractivity contribution in [2.75, 3.05) is 26.8 Å². The lowest BCUT2D eigenvalue weighted by Crippen LogP contribution is -2.38. The van der Waals surface area contributed by atoms with E-state index in [1.165, 1.54) is 11.3 Å². The fourth-order valence-electron chi connectivity index (χ4n) is 2.20. The van der Waals surface area contributed by atoms with Gasteiger partial charge in [-0.3, -0.25) is 9.59 Å². The number of esters is 1. The van der Waals surface area contributed by atoms with E-state index in [2.05, 4.69) is 15.6 Å². The molecule has 2 N–H and O–H groups in total. The number of carbonyl (C=O) groups is 3. The number of nitrogens with zero attached hydrogens (tertiary/aromatic N) is 1. The second-order valence-corrected chi connectivity index (χ2v) is 6.86. The summed E-state index contributed by atoms with van der Waals surface area (Å²) in [5, 5.41) is 5.71. The molecule has 1 aromatic heterocycles. The first-order chi connectivity index (χ1) is 13.4. The molecule has 0 aliphatic rings. The van der Waals surface area contributed by atoms with Crippen molar-refractivity contribution in [3.8, 4) is 16.3 Å². The predicted octanol–water partition coefficient (Wildman–Crippen LogP) is 1.93. The van der Waals surface area contributed by atoms with Gasteiger partial charge in [-0.15, -0.1) is 11.3 Å². The van der Waals surface area contributed by atoms with Gasteiger partial charge in [0.05, 0.1) is 19.3 Å². The summed E-state index contributed by atoms with van der Waals surface area (Å²) < 4.78 is 10.2. The minimum absolute atomic E-state index is 0.155. The molecule has 1 aromatic carbocycles. The third-order valence-corrected chi connectivity index (χ3v) is 4.86. The van der Waals surface area contributed by atoms with Gasteiger partial charge in [0, 0.05) is 12.1 Å². The van der Waals surface area contributed by atoms with Gasteiger partial charge in [0.25, 0.3) is 5.91 Å². The SMILES string of the molecule is CCCNC(=O)CNC(=O)COC(=O)c1sc(-c2ccc(OC)cc2)nc1C. The number of carbonyl (C=O) groups excluding carboxylic acids is 3. The van der Waals surface area contributed by atoms with E-state index < -0.39 is 18.5 Å². The molecule has 0 unspecified atom stereocenters. The molecule has 0 aliphatic heterocycles. The number of methoxy groups -OCH3 is 1. The summed E-state index contributed by atoms with van der Waals surface area (Å²) in [6.07, 6.45) is 0.810. The number of aryl methyl sites for hydroxylation is 1. The van der Waals surface area contributed by atoms with Crippen LogP contribution in [0.25, 0.3) is 10.6 Å². The van der Waals surface area contributed by atoms with Crippen molar-refractivity contribution in [3.05, 3.63) is 34.8 Å². The minimum Gasteiger partial charge on any atom is -0.497 e. The molecule has 2 aromatic rings. The average molecular weight is 405 g/mol. The van der Waals surface area contributed by atoms with Crippen molar-refractivity contribution in [2.45, 2.75) is 20.3 Å². The summed E-state index contributed by atoms with van der Waals surface area (Å²) in [5.41, 5.74) is 1.38. The van der Waals surface area contributed by atoms with Gasteiger partial charge in [0.2, 0.25) is 5.91 Å². The zero-order valence-corrected chi connectivity index (χ0v) is 16.9. The van der Waals surface area contributed by atoms with Gasteiger partial charge in [-0.05, 0) is 37.6 Å². The van der Waals surface area contributed by atoms with Crippen LogP contribution in [0.4, 0.5) is 0 Å². The number of rotatable bonds is 9. The molecule has 0 aliphatic carbocycles. The number of hydrogen-bond acceptors (Lipinski definition) is 7. The third-order valence-electron chi connectivity index (χ3n) is 3.67. The van der Waals surface area contributed by atoms with Gasteiger partial charge in [-0.25, -0.2) is 9.78 Å². The highest BCUT2D eigenvalue weighted by Crippen LogP contribution is 2.29. The molecular formula is C19H23N3O5S. The fraction of sp³-hybridized carbons (Fsp3) is 0.368. The Balaban J connectivity index is 1.89. The summed E-state index contributed by atoms with van der Waals surface area (Å²) in [7, 11) is 1.59. The predicted molar refractivity (Wildman–Crippen MR) is 105 cm³/mol. The number of ether oxygens (including phenoxy) is 2. The molecule has 28 heavy (non-hydrogen) atoms. The first-order valence-corrected chi connectivity index (χ1v) is 9.58. The molecular weight excluding hydrogens is 382 g/mol. The lowest BCUT2D eigenvalue weighted by atomic mass is 10.2. The Morgan fingerprint density at radius 2 is 1.82 bits per heavy atom. The fourth-order valence-corrected chi connectivity index (χ4v) is 3.16. The van der Waals surface area contributed by atoms with Crippen LogP contribution in [0.15, 0.2) is 24.3 Å². The van der Waals surface area contributed by atoms with E-state index in [0.29, 0.717) is 22.1 Å². The van der Waals surface area contributed by atoms with Crippen molar-refractivity contribution >= 4 is 29.1 Å². The van der Waals surface area contributed by atoms with Gasteiger partial charge >= 0.3 is 5.97 Å². The highest BCUT2D eigenvalue weighted by atomic mass is 32.1. The Labute approximate surface area is 167 Å². The molecule has 0 saturated heterocycles. The first kappa shape index (κ1) is 21.4. The zero-order chi connectivity index (χ0) is 20.5. The molecule has 150 valence electrons. The number of aromatic nitrogens is 1. The second kappa shape index (κ2) is 10.4. The van der Waals surface area contributed by atoms with E-state index in [0.717, 1.165) is 17.7 Å². The largest absolute Gasteiger partial charge is 0.497 e. The van der Waals surface area contributed by atoms with Crippen molar-refractivity contribution in [1.82, 2.24) is 15.6 Å². The van der Waals surface area contributed by atoms with Gasteiger partial charge in [0.1, 0.15) is 15.6 Å². The van der Waals surface area contributed by atoms with Crippen molar-refractivity contribution < 1.29 is 23.9 Å². The van der Waals surface area contributed by atoms with E-state index in [1.54, 1.807) is 14.0 Å². The van der Waals surface area contributed by atoms with Gasteiger partial charge in [-0.1, -0.05) is 6.92 Å². The maximum Gasteiger partial charge on any atom is 0.350 e. The lowest BCUT2D eigenvalue weighted by molar-refractivity contribution is -0.127. The summed E-state index contributed by atoms with van der Waals surface area (Å²) >= 11 is 1.19. The molecule has 0 spiro atoms. The standard InChI is InChI=1S/C19H23N3O5S/c1-4-9-20-15(23)10-21-16(24)11-27-19(25)17-12(2)22-18(28-17)13-5-7-14(26-3)8-6-13/h5-8H,4,9-11H2,1-3H3,(H,20,23)(H,21,24). The van der Waals surface area contributed by atoms with Crippen LogP contribution in [0.2, 0.25) is 0 Å². The molecule has 0 radical (unpaired) electrons.